The summed E-state index contributed by atoms with van der Waals surface area (Å²) in [7, 11) is 43.9. The quantitative estimate of drug-likeness (QED) is 0.0842. The van der Waals surface area contributed by atoms with Gasteiger partial charge in [-0.3, -0.25) is 4.57 Å². The van der Waals surface area contributed by atoms with E-state index in [-0.39, 0.29) is 20.2 Å². The van der Waals surface area contributed by atoms with Gasteiger partial charge in [0.15, 0.2) is 19.9 Å². The van der Waals surface area contributed by atoms with E-state index >= 15 is 0 Å². The van der Waals surface area contributed by atoms with E-state index in [9.17, 15) is 19.6 Å². The Labute approximate surface area is 405 Å². The maximum atomic E-state index is 14.2. The van der Waals surface area contributed by atoms with Gasteiger partial charge in [-0.2, -0.15) is 0 Å². The highest BCUT2D eigenvalue weighted by Crippen LogP contribution is 3.19. The fraction of sp³-hybridized carbons (Fsp3) is 0.857. The van der Waals surface area contributed by atoms with E-state index in [0.29, 0.717) is 20.8 Å². The van der Waals surface area contributed by atoms with Crippen molar-refractivity contribution in [3.63, 3.8) is 0 Å². The van der Waals surface area contributed by atoms with Crippen molar-refractivity contribution in [3.05, 3.63) is 11.1 Å². The normalized spacial score (nSPS) is 36.0. The van der Waals surface area contributed by atoms with E-state index in [2.05, 4.69) is 162 Å². The van der Waals surface area contributed by atoms with E-state index in [4.69, 9.17) is 18.5 Å². The van der Waals surface area contributed by atoms with Crippen molar-refractivity contribution in [1.82, 2.24) is 0 Å². The van der Waals surface area contributed by atoms with Gasteiger partial charge in [-0.25, -0.2) is 4.79 Å². The zero-order valence-corrected chi connectivity index (χ0v) is 63.7. The average molecular weight is 1370 g/mol. The molecule has 2 N–H and O–H groups in total. The van der Waals surface area contributed by atoms with Crippen LogP contribution in [-0.4, -0.2) is 57.6 Å². The van der Waals surface area contributed by atoms with Crippen molar-refractivity contribution in [2.45, 2.75) is 95.2 Å². The number of carbonyl (C=O) groups is 1. The first-order valence-electron chi connectivity index (χ1n) is 17.1. The molecule has 8 nitrogen and oxygen atoms in total. The fourth-order valence-corrected chi connectivity index (χ4v) is 216. The van der Waals surface area contributed by atoms with E-state index in [1.165, 1.54) is 5.57 Å². The van der Waals surface area contributed by atoms with Gasteiger partial charge in [0.2, 0.25) is 0 Å². The molecule has 3 aliphatic carbocycles. The minimum atomic E-state index is -1.66. The molecule has 4 aliphatic rings. The molecule has 59 heavy (non-hydrogen) atoms. The predicted octanol–water partition coefficient (Wildman–Crippen LogP) is 19.6. The van der Waals surface area contributed by atoms with Gasteiger partial charge in [-0.1, -0.05) is 34.3 Å². The zero-order valence-electron chi connectivity index (χ0n) is 32.9. The van der Waals surface area contributed by atoms with Gasteiger partial charge >= 0.3 is 6.16 Å². The molecule has 0 aromatic carbocycles. The molecule has 0 radical (unpaired) electrons. The van der Waals surface area contributed by atoms with E-state index in [1.807, 2.05) is 0 Å². The molecule has 342 valence electrons. The monoisotopic (exact) mass is 1370 g/mol. The molecule has 4 rings (SSSR count). The van der Waals surface area contributed by atoms with Gasteiger partial charge in [0.25, 0.3) is 0 Å². The van der Waals surface area contributed by atoms with Gasteiger partial charge < -0.3 is 28.7 Å². The van der Waals surface area contributed by atoms with Crippen LogP contribution in [0, 0.1) is 16.7 Å². The summed E-state index contributed by atoms with van der Waals surface area (Å²) in [5, 5.41) is 25.1. The van der Waals surface area contributed by atoms with Gasteiger partial charge in [-0.15, -0.1) is 134 Å². The molecule has 27 unspecified atom stereocenters. The number of allylic oxidation sites excluding steroid dienone is 1. The van der Waals surface area contributed by atoms with Crippen LogP contribution in [0.5, 0.6) is 0 Å². The van der Waals surface area contributed by atoms with Crippen LogP contribution in [0.4, 0.5) is 4.79 Å². The molecule has 0 amide bonds. The Hall–Kier alpha value is 11.4. The fourth-order valence-electron chi connectivity index (χ4n) is 9.06. The largest absolute Gasteiger partial charge is 0.509 e. The summed E-state index contributed by atoms with van der Waals surface area (Å²) in [6, 6.07) is 0. The minimum absolute atomic E-state index is 0.0400. The maximum Gasteiger partial charge on any atom is 0.509 e. The Morgan fingerprint density at radius 3 is 1.78 bits per heavy atom. The first-order chi connectivity index (χ1) is 27.1. The third-order valence-electron chi connectivity index (χ3n) is 11.4. The zero-order chi connectivity index (χ0) is 45.1. The van der Waals surface area contributed by atoms with Crippen LogP contribution < -0.4 is 0 Å². The second-order valence-corrected chi connectivity index (χ2v) is 122. The average Bonchev–Trinajstić information content (AvgIpc) is 3.41. The summed E-state index contributed by atoms with van der Waals surface area (Å²) in [4.78, 5) is 14.2. The molecule has 0 aromatic rings. The summed E-state index contributed by atoms with van der Waals surface area (Å²) in [6.45, 7) is 4.37. The summed E-state index contributed by atoms with van der Waals surface area (Å²) < 4.78 is 42.2. The van der Waals surface area contributed by atoms with Crippen LogP contribution in [0.25, 0.3) is 0 Å². The summed E-state index contributed by atoms with van der Waals surface area (Å²) >= 11 is 0. The standard InChI is InChI=1S/C21H60O8P30/c1-9-11(47(57(45-25)53(37)38)59(55(41)42)56(43)44)8-21-16(26-17(23)27-21)15-19(4,13(6-12(22)20(15,5)24)29-48(50(31)32)51(33)34)7-10(14(9)18(21,2)3)28-49(52(35)36)58(46-30)54(39)40/h10-13,15-16,22,24,46H,6-8,30-44H2,1-5H3/t10?,11?,12?,13?,15?,16?,19-,20?,21?,47-,49?,57?,58?/m1/s1. The number of rotatable bonds is 17. The SMILES string of the molecule is CC1=C2C(OP(P(P)P)P(PP)P(P)P)C[C@]3(C)C(OP(P(P)P)P(P)P)CC(O)C(C)(O)C3C3OC(=O)OC3(CC1[P@](P(P=O)P(P)P)P(P(P)P)P(P)P)C2(C)C. The Balaban J connectivity index is 2.22. The van der Waals surface area contributed by atoms with Gasteiger partial charge in [0.05, 0.1) is 46.0 Å². The van der Waals surface area contributed by atoms with Crippen LogP contribution in [0.2, 0.25) is 0 Å². The number of hydrogen-bond acceptors (Lipinski definition) is 8. The summed E-state index contributed by atoms with van der Waals surface area (Å²) in [5.41, 5.74) is -2.12. The molecule has 38 heteroatoms. The second kappa shape index (κ2) is 26.7. The lowest BCUT2D eigenvalue weighted by Crippen LogP contribution is -2.73. The number of aliphatic hydroxyl groups excluding tert-OH is 1. The second-order valence-electron chi connectivity index (χ2n) is 15.1. The lowest BCUT2D eigenvalue weighted by Gasteiger charge is -2.64. The highest BCUT2D eigenvalue weighted by atomic mass is 33.2. The Kier molecular flexibility index (Phi) is 28.4. The predicted molar refractivity (Wildman–Crippen MR) is 348 cm³/mol. The third-order valence-corrected chi connectivity index (χ3v) is 154. The van der Waals surface area contributed by atoms with E-state index in [1.54, 1.807) is 6.92 Å². The van der Waals surface area contributed by atoms with Crippen molar-refractivity contribution < 1.29 is 38.1 Å². The van der Waals surface area contributed by atoms with Crippen molar-refractivity contribution >= 4 is 248 Å². The van der Waals surface area contributed by atoms with Gasteiger partial charge in [-0.05, 0) is 89.0 Å². The lowest BCUT2D eigenvalue weighted by atomic mass is 9.46. The smallest absolute Gasteiger partial charge is 0.426 e. The van der Waals surface area contributed by atoms with E-state index < -0.39 is 151 Å². The number of carbonyl (C=O) groups excluding carboxylic acids is 1. The molecule has 2 bridgehead atoms. The minimum Gasteiger partial charge on any atom is -0.426 e. The number of aliphatic hydroxyl groups is 2. The van der Waals surface area contributed by atoms with Crippen molar-refractivity contribution in [3.8, 4) is 0 Å². The van der Waals surface area contributed by atoms with Crippen LogP contribution in [0.3, 0.4) is 0 Å². The summed E-state index contributed by atoms with van der Waals surface area (Å²) in [5.74, 6) is -0.766. The Bertz CT molecular complexity index is 1510. The maximum absolute atomic E-state index is 14.2. The van der Waals surface area contributed by atoms with E-state index in [0.717, 1.165) is 5.57 Å². The number of fused-ring (bicyclic) bond motifs is 3. The molecule has 1 heterocycles. The topological polar surface area (TPSA) is 112 Å². The van der Waals surface area contributed by atoms with Crippen molar-refractivity contribution in [2.75, 3.05) is 0 Å². The summed E-state index contributed by atoms with van der Waals surface area (Å²) in [6.07, 6.45) is -2.44. The molecular formula is C21H60O8P30. The Morgan fingerprint density at radius 1 is 0.797 bits per heavy atom. The first kappa shape index (κ1) is 63.0. The van der Waals surface area contributed by atoms with Gasteiger partial charge in [0, 0.05) is 42.2 Å². The van der Waals surface area contributed by atoms with Crippen LogP contribution in [0.15, 0.2) is 11.1 Å². The molecule has 1 aliphatic heterocycles. The first-order valence-corrected chi connectivity index (χ1v) is 69.3. The van der Waals surface area contributed by atoms with Gasteiger partial charge in [0.1, 0.15) is 0 Å². The number of ether oxygens (including phenoxy) is 2. The third kappa shape index (κ3) is 13.8. The van der Waals surface area contributed by atoms with Crippen molar-refractivity contribution in [2.24, 2.45) is 16.7 Å². The Morgan fingerprint density at radius 2 is 1.34 bits per heavy atom. The molecule has 2 saturated carbocycles. The van der Waals surface area contributed by atoms with Crippen LogP contribution in [-0.2, 0) is 23.1 Å². The molecule has 1 saturated heterocycles. The molecular weight excluding hydrogens is 1310 g/mol. The number of hydrogen-bond donors (Lipinski definition) is 2. The highest BCUT2D eigenvalue weighted by Gasteiger charge is 2.76. The lowest BCUT2D eigenvalue weighted by molar-refractivity contribution is -0.251. The molecule has 3 fully saturated rings. The van der Waals surface area contributed by atoms with Crippen LogP contribution >= 0.6 is 242 Å². The highest BCUT2D eigenvalue weighted by molar-refractivity contribution is 9.20. The molecule has 0 aromatic heterocycles. The van der Waals surface area contributed by atoms with Crippen molar-refractivity contribution in [1.29, 1.82) is 0 Å². The van der Waals surface area contributed by atoms with Crippen LogP contribution in [0.1, 0.15) is 53.9 Å². The molecule has 29 atom stereocenters. The molecule has 1 spiro atoms.